The lowest BCUT2D eigenvalue weighted by atomic mass is 10.0. The molecule has 5 heteroatoms. The van der Waals surface area contributed by atoms with Crippen LogP contribution >= 0.6 is 0 Å². The minimum Gasteiger partial charge on any atom is -0.494 e. The van der Waals surface area contributed by atoms with Crippen molar-refractivity contribution in [2.75, 3.05) is 6.61 Å². The Kier molecular flexibility index (Phi) is 3.80. The van der Waals surface area contributed by atoms with E-state index in [1.165, 1.54) is 6.07 Å². The fourth-order valence-electron chi connectivity index (χ4n) is 1.37. The summed E-state index contributed by atoms with van der Waals surface area (Å²) < 4.78 is 42.6. The van der Waals surface area contributed by atoms with Crippen molar-refractivity contribution < 1.29 is 17.9 Å². The van der Waals surface area contributed by atoms with E-state index in [9.17, 15) is 13.2 Å². The van der Waals surface area contributed by atoms with E-state index in [0.29, 0.717) is 17.9 Å². The fraction of sp³-hybridized carbons (Fsp3) is 0.455. The topological polar surface area (TPSA) is 35.2 Å². The first kappa shape index (κ1) is 12.8. The summed E-state index contributed by atoms with van der Waals surface area (Å²) in [4.78, 5) is 0. The zero-order chi connectivity index (χ0) is 12.3. The van der Waals surface area contributed by atoms with Crippen molar-refractivity contribution in [3.8, 4) is 5.75 Å². The average molecular weight is 233 g/mol. The molecule has 0 fully saturated rings. The second kappa shape index (κ2) is 4.74. The molecule has 1 aromatic rings. The maximum absolute atomic E-state index is 12.5. The molecule has 0 spiro atoms. The standard InChI is InChI=1S/C11H14F3NO/c1-3-16-10-5-4-8(11(12,13)14)6-9(10)7(2)15/h4-7H,3,15H2,1-2H3. The summed E-state index contributed by atoms with van der Waals surface area (Å²) >= 11 is 0. The molecule has 90 valence electrons. The quantitative estimate of drug-likeness (QED) is 0.870. The second-order valence-electron chi connectivity index (χ2n) is 3.47. The van der Waals surface area contributed by atoms with Gasteiger partial charge in [0.05, 0.1) is 12.2 Å². The van der Waals surface area contributed by atoms with Gasteiger partial charge in [0.1, 0.15) is 5.75 Å². The zero-order valence-electron chi connectivity index (χ0n) is 9.14. The third-order valence-electron chi connectivity index (χ3n) is 2.13. The highest BCUT2D eigenvalue weighted by Crippen LogP contribution is 2.34. The fourth-order valence-corrected chi connectivity index (χ4v) is 1.37. The van der Waals surface area contributed by atoms with Crippen molar-refractivity contribution in [3.63, 3.8) is 0 Å². The van der Waals surface area contributed by atoms with Gasteiger partial charge in [0.25, 0.3) is 0 Å². The molecule has 0 heterocycles. The molecule has 16 heavy (non-hydrogen) atoms. The molecule has 1 aromatic carbocycles. The highest BCUT2D eigenvalue weighted by Gasteiger charge is 2.31. The Hall–Kier alpha value is -1.23. The molecule has 0 saturated heterocycles. The summed E-state index contributed by atoms with van der Waals surface area (Å²) in [6.07, 6.45) is -4.35. The first-order chi connectivity index (χ1) is 7.36. The van der Waals surface area contributed by atoms with Crippen LogP contribution in [0.1, 0.15) is 31.0 Å². The van der Waals surface area contributed by atoms with Gasteiger partial charge in [0.15, 0.2) is 0 Å². The number of halogens is 3. The van der Waals surface area contributed by atoms with Gasteiger partial charge in [0, 0.05) is 11.6 Å². The van der Waals surface area contributed by atoms with E-state index >= 15 is 0 Å². The Bertz CT molecular complexity index is 361. The molecule has 1 unspecified atom stereocenters. The van der Waals surface area contributed by atoms with Crippen molar-refractivity contribution in [3.05, 3.63) is 29.3 Å². The van der Waals surface area contributed by atoms with Gasteiger partial charge in [-0.25, -0.2) is 0 Å². The molecule has 0 amide bonds. The Morgan fingerprint density at radius 1 is 1.38 bits per heavy atom. The first-order valence-electron chi connectivity index (χ1n) is 4.95. The second-order valence-corrected chi connectivity index (χ2v) is 3.47. The Morgan fingerprint density at radius 3 is 2.44 bits per heavy atom. The number of alkyl halides is 3. The summed E-state index contributed by atoms with van der Waals surface area (Å²) in [5, 5.41) is 0. The molecule has 2 N–H and O–H groups in total. The average Bonchev–Trinajstić information content (AvgIpc) is 2.16. The number of ether oxygens (including phenoxy) is 1. The van der Waals surface area contributed by atoms with Gasteiger partial charge in [-0.15, -0.1) is 0 Å². The largest absolute Gasteiger partial charge is 0.494 e. The van der Waals surface area contributed by atoms with Gasteiger partial charge < -0.3 is 10.5 Å². The molecule has 0 aliphatic rings. The van der Waals surface area contributed by atoms with E-state index in [2.05, 4.69) is 0 Å². The zero-order valence-corrected chi connectivity index (χ0v) is 9.14. The van der Waals surface area contributed by atoms with Gasteiger partial charge in [-0.05, 0) is 32.0 Å². The number of nitrogens with two attached hydrogens (primary N) is 1. The number of hydrogen-bond donors (Lipinski definition) is 1. The lowest BCUT2D eigenvalue weighted by Crippen LogP contribution is -2.11. The Labute approximate surface area is 92.2 Å². The van der Waals surface area contributed by atoms with E-state index in [1.807, 2.05) is 0 Å². The normalized spacial score (nSPS) is 13.6. The van der Waals surface area contributed by atoms with Gasteiger partial charge in [-0.2, -0.15) is 13.2 Å². The summed E-state index contributed by atoms with van der Waals surface area (Å²) in [5.41, 5.74) is 5.28. The van der Waals surface area contributed by atoms with E-state index < -0.39 is 17.8 Å². The van der Waals surface area contributed by atoms with Crippen molar-refractivity contribution >= 4 is 0 Å². The molecule has 2 nitrogen and oxygen atoms in total. The van der Waals surface area contributed by atoms with Gasteiger partial charge >= 0.3 is 6.18 Å². The summed E-state index contributed by atoms with van der Waals surface area (Å²) in [6, 6.07) is 2.85. The van der Waals surface area contributed by atoms with E-state index in [1.54, 1.807) is 13.8 Å². The van der Waals surface area contributed by atoms with Crippen LogP contribution in [0.2, 0.25) is 0 Å². The molecule has 1 atom stereocenters. The highest BCUT2D eigenvalue weighted by molar-refractivity contribution is 5.40. The molecule has 1 rings (SSSR count). The number of hydrogen-bond acceptors (Lipinski definition) is 2. The third kappa shape index (κ3) is 2.88. The molecule has 0 bridgehead atoms. The highest BCUT2D eigenvalue weighted by atomic mass is 19.4. The SMILES string of the molecule is CCOc1ccc(C(F)(F)F)cc1C(C)N. The van der Waals surface area contributed by atoms with Gasteiger partial charge in [0.2, 0.25) is 0 Å². The molecule has 0 aliphatic carbocycles. The smallest absolute Gasteiger partial charge is 0.416 e. The predicted molar refractivity (Wildman–Crippen MR) is 55.2 cm³/mol. The molecule has 0 aromatic heterocycles. The molecule has 0 aliphatic heterocycles. The molecular weight excluding hydrogens is 219 g/mol. The van der Waals surface area contributed by atoms with Crippen LogP contribution in [0.3, 0.4) is 0 Å². The van der Waals surface area contributed by atoms with Crippen molar-refractivity contribution in [2.45, 2.75) is 26.1 Å². The lowest BCUT2D eigenvalue weighted by molar-refractivity contribution is -0.137. The van der Waals surface area contributed by atoms with Crippen LogP contribution in [0.4, 0.5) is 13.2 Å². The van der Waals surface area contributed by atoms with Gasteiger partial charge in [-0.1, -0.05) is 0 Å². The molecular formula is C11H14F3NO. The number of benzene rings is 1. The van der Waals surface area contributed by atoms with E-state index in [-0.39, 0.29) is 0 Å². The summed E-state index contributed by atoms with van der Waals surface area (Å²) in [5.74, 6) is 0.408. The van der Waals surface area contributed by atoms with Crippen LogP contribution < -0.4 is 10.5 Å². The third-order valence-corrected chi connectivity index (χ3v) is 2.13. The van der Waals surface area contributed by atoms with Crippen molar-refractivity contribution in [2.24, 2.45) is 5.73 Å². The maximum Gasteiger partial charge on any atom is 0.416 e. The Morgan fingerprint density at radius 2 is 2.00 bits per heavy atom. The number of rotatable bonds is 3. The van der Waals surface area contributed by atoms with Crippen LogP contribution in [-0.2, 0) is 6.18 Å². The van der Waals surface area contributed by atoms with Crippen LogP contribution in [0.25, 0.3) is 0 Å². The molecule has 0 radical (unpaired) electrons. The van der Waals surface area contributed by atoms with Gasteiger partial charge in [-0.3, -0.25) is 0 Å². The first-order valence-corrected chi connectivity index (χ1v) is 4.95. The van der Waals surface area contributed by atoms with Crippen molar-refractivity contribution in [1.29, 1.82) is 0 Å². The van der Waals surface area contributed by atoms with Crippen molar-refractivity contribution in [1.82, 2.24) is 0 Å². The van der Waals surface area contributed by atoms with E-state index in [4.69, 9.17) is 10.5 Å². The summed E-state index contributed by atoms with van der Waals surface area (Å²) in [7, 11) is 0. The molecule has 0 saturated carbocycles. The summed E-state index contributed by atoms with van der Waals surface area (Å²) in [6.45, 7) is 3.78. The lowest BCUT2D eigenvalue weighted by Gasteiger charge is -2.15. The van der Waals surface area contributed by atoms with Crippen LogP contribution in [0.5, 0.6) is 5.75 Å². The minimum absolute atomic E-state index is 0.372. The van der Waals surface area contributed by atoms with Crippen LogP contribution in [0.15, 0.2) is 18.2 Å². The van der Waals surface area contributed by atoms with E-state index in [0.717, 1.165) is 12.1 Å². The minimum atomic E-state index is -4.35. The maximum atomic E-state index is 12.5. The van der Waals surface area contributed by atoms with Crippen LogP contribution in [0, 0.1) is 0 Å². The monoisotopic (exact) mass is 233 g/mol. The van der Waals surface area contributed by atoms with Crippen LogP contribution in [-0.4, -0.2) is 6.61 Å². The predicted octanol–water partition coefficient (Wildman–Crippen LogP) is 3.12. The Balaban J connectivity index is 3.17.